The highest BCUT2D eigenvalue weighted by Crippen LogP contribution is 2.30. The average molecular weight is 633 g/mol. The molecule has 2 unspecified atom stereocenters. The zero-order valence-corrected chi connectivity index (χ0v) is 26.5. The Balaban J connectivity index is 0.913. The number of aryl methyl sites for hydroxylation is 1. The predicted molar refractivity (Wildman–Crippen MR) is 180 cm³/mol. The summed E-state index contributed by atoms with van der Waals surface area (Å²) in [6.07, 6.45) is 4.34. The molecule has 2 amide bonds. The molecular weight excluding hydrogens is 595 g/mol. The summed E-state index contributed by atoms with van der Waals surface area (Å²) in [4.78, 5) is 41.8. The first-order valence-electron chi connectivity index (χ1n) is 16.0. The molecule has 0 bridgehead atoms. The molecule has 0 spiro atoms. The Kier molecular flexibility index (Phi) is 8.38. The number of carbonyl (C=O) groups is 2. The van der Waals surface area contributed by atoms with E-state index in [2.05, 4.69) is 54.3 Å². The van der Waals surface area contributed by atoms with Crippen LogP contribution in [0.2, 0.25) is 0 Å². The van der Waals surface area contributed by atoms with Crippen LogP contribution in [0, 0.1) is 18.7 Å². The van der Waals surface area contributed by atoms with E-state index in [0.717, 1.165) is 46.4 Å². The average Bonchev–Trinajstić information content (AvgIpc) is 3.73. The third kappa shape index (κ3) is 6.57. The smallest absolute Gasteiger partial charge is 0.237 e. The van der Waals surface area contributed by atoms with Gasteiger partial charge in [-0.05, 0) is 99.1 Å². The highest BCUT2D eigenvalue weighted by atomic mass is 19.1. The molecule has 2 aliphatic rings. The molecule has 3 aromatic carbocycles. The zero-order chi connectivity index (χ0) is 32.5. The number of fused-ring (bicyclic) bond motifs is 1. The Morgan fingerprint density at radius 3 is 2.43 bits per heavy atom. The minimum absolute atomic E-state index is 0.0620. The van der Waals surface area contributed by atoms with Crippen LogP contribution < -0.4 is 10.2 Å². The summed E-state index contributed by atoms with van der Waals surface area (Å²) in [6.45, 7) is 7.77. The van der Waals surface area contributed by atoms with E-state index in [9.17, 15) is 14.0 Å². The van der Waals surface area contributed by atoms with Crippen LogP contribution in [-0.2, 0) is 9.59 Å². The summed E-state index contributed by atoms with van der Waals surface area (Å²) >= 11 is 0. The van der Waals surface area contributed by atoms with E-state index >= 15 is 0 Å². The minimum atomic E-state index is -0.307. The number of halogens is 1. The number of carbonyl (C=O) groups excluding carboxylic acids is 2. The van der Waals surface area contributed by atoms with Crippen molar-refractivity contribution in [3.8, 4) is 22.6 Å². The molecule has 2 aliphatic heterocycles. The van der Waals surface area contributed by atoms with Crippen molar-refractivity contribution in [1.82, 2.24) is 30.0 Å². The van der Waals surface area contributed by atoms with Gasteiger partial charge in [0.2, 0.25) is 11.8 Å². The predicted octanol–water partition coefficient (Wildman–Crippen LogP) is 5.13. The molecule has 2 fully saturated rings. The topological polar surface area (TPSA) is 110 Å². The van der Waals surface area contributed by atoms with E-state index in [1.807, 2.05) is 54.5 Å². The fourth-order valence-corrected chi connectivity index (χ4v) is 6.56. The fourth-order valence-electron chi connectivity index (χ4n) is 6.56. The largest absolute Gasteiger partial charge is 0.368 e. The molecule has 2 atom stereocenters. The Bertz CT molecular complexity index is 1890. The summed E-state index contributed by atoms with van der Waals surface area (Å²) < 4.78 is 13.4. The lowest BCUT2D eigenvalue weighted by molar-refractivity contribution is -0.134. The molecule has 0 saturated carbocycles. The number of anilines is 2. The van der Waals surface area contributed by atoms with E-state index < -0.39 is 0 Å². The molecule has 11 heteroatoms. The van der Waals surface area contributed by atoms with Gasteiger partial charge in [0.1, 0.15) is 5.82 Å². The Morgan fingerprint density at radius 1 is 0.936 bits per heavy atom. The van der Waals surface area contributed by atoms with E-state index in [0.29, 0.717) is 49.8 Å². The van der Waals surface area contributed by atoms with E-state index in [1.165, 1.54) is 12.1 Å². The van der Waals surface area contributed by atoms with E-state index in [4.69, 9.17) is 0 Å². The SMILES string of the molecule is Cc1cnc(-c2ccc(N3CCN(C(=O)CN4CCC(C(=O)Nc5ccc6[nH]nc(-c7ccc(F)cc7)c6c5)C4)C(C)C3)cc2)nc1. The molecule has 2 N–H and O–H groups in total. The third-order valence-electron chi connectivity index (χ3n) is 9.17. The number of hydrogen-bond acceptors (Lipinski definition) is 7. The number of rotatable bonds is 7. The Labute approximate surface area is 272 Å². The number of nitrogens with zero attached hydrogens (tertiary/aromatic N) is 6. The highest BCUT2D eigenvalue weighted by Gasteiger charge is 2.33. The number of amides is 2. The number of H-pyrrole nitrogens is 1. The van der Waals surface area contributed by atoms with E-state index in [-0.39, 0.29) is 29.6 Å². The van der Waals surface area contributed by atoms with Gasteiger partial charge in [-0.3, -0.25) is 19.6 Å². The first kappa shape index (κ1) is 30.5. The normalized spacial score (nSPS) is 18.5. The van der Waals surface area contributed by atoms with Gasteiger partial charge in [0, 0.05) is 72.5 Å². The lowest BCUT2D eigenvalue weighted by atomic mass is 10.1. The summed E-state index contributed by atoms with van der Waals surface area (Å²) in [7, 11) is 0. The van der Waals surface area contributed by atoms with Crippen LogP contribution in [0.1, 0.15) is 18.9 Å². The zero-order valence-electron chi connectivity index (χ0n) is 26.5. The van der Waals surface area contributed by atoms with Crippen molar-refractivity contribution in [2.75, 3.05) is 49.5 Å². The molecule has 0 radical (unpaired) electrons. The van der Waals surface area contributed by atoms with Crippen molar-refractivity contribution >= 4 is 34.1 Å². The summed E-state index contributed by atoms with van der Waals surface area (Å²) in [5.74, 6) is 0.234. The van der Waals surface area contributed by atoms with Crippen LogP contribution in [0.25, 0.3) is 33.5 Å². The van der Waals surface area contributed by atoms with Crippen LogP contribution in [-0.4, -0.2) is 87.1 Å². The van der Waals surface area contributed by atoms with Gasteiger partial charge in [0.15, 0.2) is 5.82 Å². The molecule has 10 nitrogen and oxygen atoms in total. The first-order chi connectivity index (χ1) is 22.8. The maximum absolute atomic E-state index is 13.4. The third-order valence-corrected chi connectivity index (χ3v) is 9.17. The number of piperazine rings is 1. The van der Waals surface area contributed by atoms with Crippen LogP contribution in [0.5, 0.6) is 0 Å². The molecular formula is C36H37FN8O2. The van der Waals surface area contributed by atoms with Gasteiger partial charge in [-0.2, -0.15) is 5.10 Å². The number of aromatic amines is 1. The number of aromatic nitrogens is 4. The van der Waals surface area contributed by atoms with Crippen LogP contribution in [0.3, 0.4) is 0 Å². The summed E-state index contributed by atoms with van der Waals surface area (Å²) in [6, 6.07) is 20.1. The number of hydrogen-bond donors (Lipinski definition) is 2. The maximum atomic E-state index is 13.4. The van der Waals surface area contributed by atoms with Crippen LogP contribution in [0.15, 0.2) is 79.1 Å². The van der Waals surface area contributed by atoms with Gasteiger partial charge in [-0.25, -0.2) is 14.4 Å². The molecule has 0 aliphatic carbocycles. The van der Waals surface area contributed by atoms with Crippen molar-refractivity contribution in [2.45, 2.75) is 26.3 Å². The van der Waals surface area contributed by atoms with Crippen molar-refractivity contribution in [1.29, 1.82) is 0 Å². The second-order valence-corrected chi connectivity index (χ2v) is 12.6. The standard InChI is InChI=1S/C36H37FN8O2/c1-23-18-38-35(39-19-23)26-5-10-30(11-6-26)44-15-16-45(24(2)20-44)33(46)22-43-14-13-27(21-43)36(47)40-29-9-12-32-31(17-29)34(42-41-32)25-3-7-28(37)8-4-25/h3-12,17-19,24,27H,13-16,20-22H2,1-2H3,(H,40,47)(H,41,42). The first-order valence-corrected chi connectivity index (χ1v) is 16.0. The quantitative estimate of drug-likeness (QED) is 0.256. The van der Waals surface area contributed by atoms with Crippen molar-refractivity contribution in [3.63, 3.8) is 0 Å². The molecule has 2 aromatic heterocycles. The number of nitrogens with one attached hydrogen (secondary N) is 2. The van der Waals surface area contributed by atoms with Gasteiger partial charge in [-0.1, -0.05) is 0 Å². The van der Waals surface area contributed by atoms with Crippen molar-refractivity contribution in [3.05, 3.63) is 90.5 Å². The fraction of sp³-hybridized carbons (Fsp3) is 0.306. The molecule has 5 aromatic rings. The van der Waals surface area contributed by atoms with Gasteiger partial charge < -0.3 is 15.1 Å². The second-order valence-electron chi connectivity index (χ2n) is 12.6. The van der Waals surface area contributed by atoms with Crippen LogP contribution >= 0.6 is 0 Å². The van der Waals surface area contributed by atoms with E-state index in [1.54, 1.807) is 12.1 Å². The van der Waals surface area contributed by atoms with Gasteiger partial charge in [0.05, 0.1) is 23.7 Å². The Morgan fingerprint density at radius 2 is 1.68 bits per heavy atom. The number of likely N-dealkylation sites (tertiary alicyclic amines) is 1. The molecule has 4 heterocycles. The summed E-state index contributed by atoms with van der Waals surface area (Å²) in [5.41, 5.74) is 6.11. The second kappa shape index (κ2) is 12.9. The lowest BCUT2D eigenvalue weighted by Gasteiger charge is -2.41. The van der Waals surface area contributed by atoms with Gasteiger partial charge in [-0.15, -0.1) is 0 Å². The lowest BCUT2D eigenvalue weighted by Crippen LogP contribution is -2.56. The van der Waals surface area contributed by atoms with Gasteiger partial charge in [0.25, 0.3) is 0 Å². The van der Waals surface area contributed by atoms with Crippen LogP contribution in [0.4, 0.5) is 15.8 Å². The van der Waals surface area contributed by atoms with Crippen molar-refractivity contribution < 1.29 is 14.0 Å². The molecule has 2 saturated heterocycles. The number of benzene rings is 3. The Hall–Kier alpha value is -5.16. The van der Waals surface area contributed by atoms with Gasteiger partial charge >= 0.3 is 0 Å². The molecule has 7 rings (SSSR count). The highest BCUT2D eigenvalue weighted by molar-refractivity contribution is 5.99. The summed E-state index contributed by atoms with van der Waals surface area (Å²) in [5, 5.41) is 11.3. The molecule has 240 valence electrons. The monoisotopic (exact) mass is 632 g/mol. The molecule has 47 heavy (non-hydrogen) atoms. The maximum Gasteiger partial charge on any atom is 0.237 e. The minimum Gasteiger partial charge on any atom is -0.368 e. The van der Waals surface area contributed by atoms with Crippen molar-refractivity contribution in [2.24, 2.45) is 5.92 Å².